The first-order chi connectivity index (χ1) is 11.2. The number of nitrogens with one attached hydrogen (secondary N) is 1. The molecule has 3 aromatic rings. The zero-order valence-electron chi connectivity index (χ0n) is 12.1. The molecule has 1 N–H and O–H groups in total. The van der Waals surface area contributed by atoms with Crippen LogP contribution in [0.4, 0.5) is 5.82 Å². The van der Waals surface area contributed by atoms with E-state index in [0.717, 1.165) is 5.56 Å². The summed E-state index contributed by atoms with van der Waals surface area (Å²) in [6, 6.07) is 12.8. The fraction of sp³-hybridized carbons (Fsp3) is 0.125. The van der Waals surface area contributed by atoms with E-state index in [2.05, 4.69) is 20.4 Å². The second-order valence-corrected chi connectivity index (χ2v) is 5.22. The Labute approximate surface area is 137 Å². The third-order valence-electron chi connectivity index (χ3n) is 3.06. The maximum Gasteiger partial charge on any atom is 0.227 e. The molecule has 0 unspecified atom stereocenters. The largest absolute Gasteiger partial charge is 0.339 e. The topological polar surface area (TPSA) is 80.9 Å². The number of halogens is 1. The normalized spacial score (nSPS) is 10.5. The summed E-state index contributed by atoms with van der Waals surface area (Å²) in [6.07, 6.45) is 2.06. The highest BCUT2D eigenvalue weighted by molar-refractivity contribution is 6.30. The van der Waals surface area contributed by atoms with Crippen molar-refractivity contribution in [2.75, 3.05) is 5.32 Å². The minimum absolute atomic E-state index is 0.181. The van der Waals surface area contributed by atoms with Gasteiger partial charge in [-0.15, -0.1) is 0 Å². The molecular formula is C16H13ClN4O2. The number of aryl methyl sites for hydroxylation is 1. The van der Waals surface area contributed by atoms with E-state index in [-0.39, 0.29) is 12.3 Å². The smallest absolute Gasteiger partial charge is 0.227 e. The van der Waals surface area contributed by atoms with E-state index in [9.17, 15) is 4.79 Å². The van der Waals surface area contributed by atoms with Gasteiger partial charge in [0.2, 0.25) is 17.6 Å². The van der Waals surface area contributed by atoms with E-state index in [4.69, 9.17) is 16.1 Å². The lowest BCUT2D eigenvalue weighted by Gasteiger charge is -2.02. The lowest BCUT2D eigenvalue weighted by Crippen LogP contribution is -2.13. The van der Waals surface area contributed by atoms with Gasteiger partial charge in [0.1, 0.15) is 5.82 Å². The van der Waals surface area contributed by atoms with Crippen LogP contribution in [0.5, 0.6) is 0 Å². The summed E-state index contributed by atoms with van der Waals surface area (Å²) in [4.78, 5) is 20.2. The van der Waals surface area contributed by atoms with Crippen molar-refractivity contribution in [3.63, 3.8) is 0 Å². The van der Waals surface area contributed by atoms with E-state index >= 15 is 0 Å². The summed E-state index contributed by atoms with van der Waals surface area (Å²) >= 11 is 5.74. The van der Waals surface area contributed by atoms with E-state index in [1.165, 1.54) is 6.20 Å². The molecule has 2 heterocycles. The van der Waals surface area contributed by atoms with Gasteiger partial charge < -0.3 is 9.84 Å². The fourth-order valence-corrected chi connectivity index (χ4v) is 2.05. The van der Waals surface area contributed by atoms with Crippen molar-refractivity contribution in [2.45, 2.75) is 12.8 Å². The molecule has 0 atom stereocenters. The van der Waals surface area contributed by atoms with Crippen molar-refractivity contribution in [3.8, 4) is 11.4 Å². The first-order valence-electron chi connectivity index (χ1n) is 7.00. The Bertz CT molecular complexity index is 787. The Morgan fingerprint density at radius 2 is 2.00 bits per heavy atom. The van der Waals surface area contributed by atoms with Gasteiger partial charge in [0.05, 0.1) is 5.02 Å². The Balaban J connectivity index is 1.55. The molecule has 116 valence electrons. The molecule has 0 fully saturated rings. The minimum Gasteiger partial charge on any atom is -0.339 e. The van der Waals surface area contributed by atoms with Crippen molar-refractivity contribution in [1.29, 1.82) is 0 Å². The van der Waals surface area contributed by atoms with Crippen LogP contribution in [0.3, 0.4) is 0 Å². The van der Waals surface area contributed by atoms with E-state index in [1.807, 2.05) is 30.3 Å². The third-order valence-corrected chi connectivity index (χ3v) is 3.28. The minimum atomic E-state index is -0.181. The summed E-state index contributed by atoms with van der Waals surface area (Å²) in [5, 5.41) is 7.11. The van der Waals surface area contributed by atoms with Gasteiger partial charge in [-0.25, -0.2) is 4.98 Å². The van der Waals surface area contributed by atoms with Crippen LogP contribution in [-0.2, 0) is 11.2 Å². The first kappa shape index (κ1) is 15.2. The van der Waals surface area contributed by atoms with Gasteiger partial charge in [-0.3, -0.25) is 4.79 Å². The fourth-order valence-electron chi connectivity index (χ4n) is 1.94. The molecule has 0 saturated heterocycles. The average Bonchev–Trinajstić information content (AvgIpc) is 3.05. The van der Waals surface area contributed by atoms with Crippen LogP contribution in [0.1, 0.15) is 12.3 Å². The van der Waals surface area contributed by atoms with Crippen LogP contribution >= 0.6 is 11.6 Å². The zero-order valence-corrected chi connectivity index (χ0v) is 12.8. The molecule has 0 aliphatic heterocycles. The Hall–Kier alpha value is -2.73. The van der Waals surface area contributed by atoms with Crippen molar-refractivity contribution in [2.24, 2.45) is 0 Å². The first-order valence-corrected chi connectivity index (χ1v) is 7.38. The molecule has 23 heavy (non-hydrogen) atoms. The molecule has 0 bridgehead atoms. The Morgan fingerprint density at radius 1 is 1.17 bits per heavy atom. The predicted octanol–water partition coefficient (Wildman–Crippen LogP) is 3.36. The van der Waals surface area contributed by atoms with Crippen LogP contribution in [0.25, 0.3) is 11.4 Å². The molecule has 3 rings (SSSR count). The van der Waals surface area contributed by atoms with E-state index < -0.39 is 0 Å². The number of rotatable bonds is 5. The predicted molar refractivity (Wildman–Crippen MR) is 85.9 cm³/mol. The van der Waals surface area contributed by atoms with Crippen LogP contribution in [0, 0.1) is 0 Å². The van der Waals surface area contributed by atoms with Gasteiger partial charge >= 0.3 is 0 Å². The maximum absolute atomic E-state index is 11.9. The number of hydrogen-bond acceptors (Lipinski definition) is 5. The summed E-state index contributed by atoms with van der Waals surface area (Å²) in [5.41, 5.74) is 0.873. The van der Waals surface area contributed by atoms with Crippen molar-refractivity contribution < 1.29 is 9.32 Å². The maximum atomic E-state index is 11.9. The van der Waals surface area contributed by atoms with E-state index in [0.29, 0.717) is 29.0 Å². The number of aromatic nitrogens is 3. The number of carbonyl (C=O) groups is 1. The number of hydrogen-bond donors (Lipinski definition) is 1. The molecular weight excluding hydrogens is 316 g/mol. The Kier molecular flexibility index (Phi) is 4.63. The van der Waals surface area contributed by atoms with Gasteiger partial charge in [-0.2, -0.15) is 4.98 Å². The molecule has 6 nitrogen and oxygen atoms in total. The molecule has 0 aliphatic carbocycles. The van der Waals surface area contributed by atoms with Crippen LogP contribution < -0.4 is 5.32 Å². The van der Waals surface area contributed by atoms with Crippen LogP contribution in [-0.4, -0.2) is 21.0 Å². The number of carbonyl (C=O) groups excluding carboxylic acids is 1. The molecule has 0 radical (unpaired) electrons. The Morgan fingerprint density at radius 3 is 2.74 bits per heavy atom. The van der Waals surface area contributed by atoms with Gasteiger partial charge in [0.25, 0.3) is 0 Å². The summed E-state index contributed by atoms with van der Waals surface area (Å²) < 4.78 is 5.16. The summed E-state index contributed by atoms with van der Waals surface area (Å²) in [7, 11) is 0. The lowest BCUT2D eigenvalue weighted by molar-refractivity contribution is -0.116. The molecule has 2 aromatic heterocycles. The summed E-state index contributed by atoms with van der Waals surface area (Å²) in [5.74, 6) is 1.21. The van der Waals surface area contributed by atoms with Gasteiger partial charge in [-0.05, 0) is 12.1 Å². The number of pyridine rings is 1. The number of anilines is 1. The SMILES string of the molecule is O=C(CCc1nc(-c2ccccc2)no1)Nc1ccc(Cl)cn1. The zero-order chi connectivity index (χ0) is 16.1. The molecule has 0 aliphatic rings. The van der Waals surface area contributed by atoms with Crippen molar-refractivity contribution >= 4 is 23.3 Å². The molecule has 1 amide bonds. The standard InChI is InChI=1S/C16H13ClN4O2/c17-12-6-7-13(18-10-12)19-14(22)8-9-15-20-16(21-23-15)11-4-2-1-3-5-11/h1-7,10H,8-9H2,(H,18,19,22). The molecule has 7 heteroatoms. The molecule has 1 aromatic carbocycles. The van der Waals surface area contributed by atoms with Gasteiger partial charge in [0, 0.05) is 24.6 Å². The second-order valence-electron chi connectivity index (χ2n) is 4.79. The average molecular weight is 329 g/mol. The van der Waals surface area contributed by atoms with Gasteiger partial charge in [-0.1, -0.05) is 47.1 Å². The van der Waals surface area contributed by atoms with Gasteiger partial charge in [0.15, 0.2) is 0 Å². The number of nitrogens with zero attached hydrogens (tertiary/aromatic N) is 3. The lowest BCUT2D eigenvalue weighted by atomic mass is 10.2. The molecule has 0 saturated carbocycles. The van der Waals surface area contributed by atoms with Crippen LogP contribution in [0.15, 0.2) is 53.2 Å². The molecule has 0 spiro atoms. The summed E-state index contributed by atoms with van der Waals surface area (Å²) in [6.45, 7) is 0. The van der Waals surface area contributed by atoms with Crippen molar-refractivity contribution in [3.05, 3.63) is 59.6 Å². The van der Waals surface area contributed by atoms with Crippen LogP contribution in [0.2, 0.25) is 5.02 Å². The monoisotopic (exact) mass is 328 g/mol. The third kappa shape index (κ3) is 4.14. The highest BCUT2D eigenvalue weighted by atomic mass is 35.5. The van der Waals surface area contributed by atoms with E-state index in [1.54, 1.807) is 12.1 Å². The second kappa shape index (κ2) is 7.02. The number of benzene rings is 1. The van der Waals surface area contributed by atoms with Crippen molar-refractivity contribution in [1.82, 2.24) is 15.1 Å². The highest BCUT2D eigenvalue weighted by Crippen LogP contribution is 2.15. The number of amides is 1. The quantitative estimate of drug-likeness (QED) is 0.776. The highest BCUT2D eigenvalue weighted by Gasteiger charge is 2.11.